The second kappa shape index (κ2) is 4.83. The van der Waals surface area contributed by atoms with Crippen molar-refractivity contribution < 1.29 is 4.79 Å². The minimum absolute atomic E-state index is 0.00889. The van der Waals surface area contributed by atoms with E-state index in [1.165, 1.54) is 0 Å². The van der Waals surface area contributed by atoms with Gasteiger partial charge >= 0.3 is 0 Å². The third kappa shape index (κ3) is 2.92. The molecular weight excluding hydrogens is 260 g/mol. The van der Waals surface area contributed by atoms with Crippen molar-refractivity contribution in [3.8, 4) is 0 Å². The van der Waals surface area contributed by atoms with Crippen LogP contribution in [0.4, 0.5) is 0 Å². The van der Waals surface area contributed by atoms with Gasteiger partial charge in [0.15, 0.2) is 0 Å². The zero-order valence-electron chi connectivity index (χ0n) is 13.2. The fraction of sp³-hybridized carbons (Fsp3) is 0.444. The minimum Gasteiger partial charge on any atom is -0.347 e. The number of rotatable bonds is 2. The Kier molecular flexibility index (Phi) is 3.23. The van der Waals surface area contributed by atoms with Crippen LogP contribution in [0, 0.1) is 6.92 Å². The Balaban J connectivity index is 2.14. The third-order valence-corrected chi connectivity index (χ3v) is 3.76. The van der Waals surface area contributed by atoms with Gasteiger partial charge in [0.1, 0.15) is 0 Å². The number of benzene rings is 1. The minimum atomic E-state index is -0.229. The van der Waals surface area contributed by atoms with Gasteiger partial charge < -0.3 is 5.32 Å². The first-order valence-electron chi connectivity index (χ1n) is 7.58. The number of nitrogens with zero attached hydrogens (tertiary/aromatic N) is 1. The molecule has 0 radical (unpaired) electrons. The Bertz CT molecular complexity index is 709. The van der Waals surface area contributed by atoms with Gasteiger partial charge in [-0.05, 0) is 64.2 Å². The Labute approximate surface area is 125 Å². The number of pyridine rings is 1. The van der Waals surface area contributed by atoms with Crippen LogP contribution in [-0.4, -0.2) is 16.4 Å². The quantitative estimate of drug-likeness (QED) is 0.906. The van der Waals surface area contributed by atoms with Crippen LogP contribution in [0.15, 0.2) is 24.3 Å². The highest BCUT2D eigenvalue weighted by Gasteiger charge is 2.31. The number of carbonyl (C=O) groups is 1. The van der Waals surface area contributed by atoms with Crippen LogP contribution in [0.1, 0.15) is 61.1 Å². The molecule has 0 aliphatic heterocycles. The molecule has 1 aliphatic rings. The molecule has 3 nitrogen and oxygen atoms in total. The molecule has 1 N–H and O–H groups in total. The second-order valence-electron chi connectivity index (χ2n) is 7.03. The summed E-state index contributed by atoms with van der Waals surface area (Å²) in [6.07, 6.45) is 2.31. The van der Waals surface area contributed by atoms with Gasteiger partial charge in [-0.1, -0.05) is 12.1 Å². The summed E-state index contributed by atoms with van der Waals surface area (Å²) in [5.41, 5.74) is 3.69. The Morgan fingerprint density at radius 3 is 2.48 bits per heavy atom. The Morgan fingerprint density at radius 1 is 1.19 bits per heavy atom. The summed E-state index contributed by atoms with van der Waals surface area (Å²) in [4.78, 5) is 17.3. The number of aromatic nitrogens is 1. The molecule has 110 valence electrons. The topological polar surface area (TPSA) is 42.0 Å². The Morgan fingerprint density at radius 2 is 1.86 bits per heavy atom. The van der Waals surface area contributed by atoms with Gasteiger partial charge in [0.2, 0.25) is 0 Å². The molecule has 0 saturated heterocycles. The maximum Gasteiger partial charge on any atom is 0.252 e. The van der Waals surface area contributed by atoms with E-state index in [-0.39, 0.29) is 11.4 Å². The van der Waals surface area contributed by atoms with Crippen molar-refractivity contribution in [2.75, 3.05) is 0 Å². The van der Waals surface area contributed by atoms with Crippen molar-refractivity contribution in [3.63, 3.8) is 0 Å². The lowest BCUT2D eigenvalue weighted by atomic mass is 9.97. The highest BCUT2D eigenvalue weighted by Crippen LogP contribution is 2.44. The third-order valence-electron chi connectivity index (χ3n) is 3.76. The van der Waals surface area contributed by atoms with E-state index in [9.17, 15) is 4.79 Å². The molecule has 21 heavy (non-hydrogen) atoms. The van der Waals surface area contributed by atoms with Crippen LogP contribution >= 0.6 is 0 Å². The molecule has 3 heteroatoms. The van der Waals surface area contributed by atoms with Gasteiger partial charge in [-0.15, -0.1) is 0 Å². The van der Waals surface area contributed by atoms with E-state index in [4.69, 9.17) is 4.98 Å². The van der Waals surface area contributed by atoms with Crippen molar-refractivity contribution >= 4 is 16.8 Å². The highest BCUT2D eigenvalue weighted by molar-refractivity contribution is 6.01. The van der Waals surface area contributed by atoms with E-state index in [0.29, 0.717) is 5.92 Å². The molecule has 1 aromatic heterocycles. The number of carbonyl (C=O) groups excluding carboxylic acids is 1. The van der Waals surface area contributed by atoms with Gasteiger partial charge in [0.25, 0.3) is 5.91 Å². The average molecular weight is 282 g/mol. The summed E-state index contributed by atoms with van der Waals surface area (Å²) < 4.78 is 0. The van der Waals surface area contributed by atoms with Gasteiger partial charge in [0, 0.05) is 22.2 Å². The fourth-order valence-electron chi connectivity index (χ4n) is 2.70. The normalized spacial score (nSPS) is 15.2. The monoisotopic (exact) mass is 282 g/mol. The maximum absolute atomic E-state index is 12.6. The van der Waals surface area contributed by atoms with Gasteiger partial charge in [-0.3, -0.25) is 9.78 Å². The van der Waals surface area contributed by atoms with Gasteiger partial charge in [-0.2, -0.15) is 0 Å². The van der Waals surface area contributed by atoms with Crippen molar-refractivity contribution in [2.45, 2.75) is 52.0 Å². The number of nitrogens with one attached hydrogen (secondary N) is 1. The number of fused-ring (bicyclic) bond motifs is 1. The zero-order chi connectivity index (χ0) is 15.2. The predicted molar refractivity (Wildman–Crippen MR) is 85.7 cm³/mol. The summed E-state index contributed by atoms with van der Waals surface area (Å²) in [5, 5.41) is 4.19. The molecule has 0 spiro atoms. The molecule has 1 heterocycles. The molecule has 0 atom stereocenters. The lowest BCUT2D eigenvalue weighted by molar-refractivity contribution is 0.0918. The van der Waals surface area contributed by atoms with E-state index >= 15 is 0 Å². The molecule has 1 fully saturated rings. The maximum atomic E-state index is 12.6. The smallest absolute Gasteiger partial charge is 0.252 e. The molecule has 1 aromatic carbocycles. The first-order chi connectivity index (χ1) is 9.85. The average Bonchev–Trinajstić information content (AvgIpc) is 3.19. The van der Waals surface area contributed by atoms with Crippen LogP contribution < -0.4 is 5.32 Å². The van der Waals surface area contributed by atoms with Crippen LogP contribution in [0.2, 0.25) is 0 Å². The summed E-state index contributed by atoms with van der Waals surface area (Å²) >= 11 is 0. The summed E-state index contributed by atoms with van der Waals surface area (Å²) in [6, 6.07) is 8.07. The SMILES string of the molecule is Cc1ccc2ccc(C(=O)NC(C)(C)C)c(C3CC3)c2n1. The number of aryl methyl sites for hydroxylation is 1. The first kappa shape index (κ1) is 14.1. The summed E-state index contributed by atoms with van der Waals surface area (Å²) in [7, 11) is 0. The van der Waals surface area contributed by atoms with Crippen LogP contribution in [0.3, 0.4) is 0 Å². The standard InChI is InChI=1S/C18H22N2O/c1-11-5-6-13-9-10-14(17(21)20-18(2,3)4)15(12-7-8-12)16(13)19-11/h5-6,9-10,12H,7-8H2,1-4H3,(H,20,21). The number of amides is 1. The number of hydrogen-bond acceptors (Lipinski definition) is 2. The van der Waals surface area contributed by atoms with Gasteiger partial charge in [0.05, 0.1) is 5.52 Å². The van der Waals surface area contributed by atoms with Crippen molar-refractivity contribution in [3.05, 3.63) is 41.1 Å². The van der Waals surface area contributed by atoms with Gasteiger partial charge in [-0.25, -0.2) is 0 Å². The van der Waals surface area contributed by atoms with E-state index in [0.717, 1.165) is 40.6 Å². The predicted octanol–water partition coefficient (Wildman–Crippen LogP) is 3.95. The lowest BCUT2D eigenvalue weighted by Crippen LogP contribution is -2.41. The zero-order valence-corrected chi connectivity index (χ0v) is 13.2. The van der Waals surface area contributed by atoms with Crippen molar-refractivity contribution in [1.82, 2.24) is 10.3 Å². The van der Waals surface area contributed by atoms with Crippen LogP contribution in [-0.2, 0) is 0 Å². The van der Waals surface area contributed by atoms with Crippen molar-refractivity contribution in [2.24, 2.45) is 0 Å². The molecule has 0 bridgehead atoms. The Hall–Kier alpha value is -1.90. The molecule has 2 aromatic rings. The fourth-order valence-corrected chi connectivity index (χ4v) is 2.70. The molecular formula is C18H22N2O. The second-order valence-corrected chi connectivity index (χ2v) is 7.03. The molecule has 0 unspecified atom stereocenters. The van der Waals surface area contributed by atoms with E-state index in [2.05, 4.69) is 11.4 Å². The van der Waals surface area contributed by atoms with Crippen LogP contribution in [0.5, 0.6) is 0 Å². The van der Waals surface area contributed by atoms with Crippen LogP contribution in [0.25, 0.3) is 10.9 Å². The van der Waals surface area contributed by atoms with E-state index in [1.807, 2.05) is 45.9 Å². The summed E-state index contributed by atoms with van der Waals surface area (Å²) in [6.45, 7) is 8.01. The van der Waals surface area contributed by atoms with E-state index in [1.54, 1.807) is 0 Å². The molecule has 1 aliphatic carbocycles. The molecule has 1 saturated carbocycles. The molecule has 1 amide bonds. The first-order valence-corrected chi connectivity index (χ1v) is 7.58. The molecule has 3 rings (SSSR count). The largest absolute Gasteiger partial charge is 0.347 e. The summed E-state index contributed by atoms with van der Waals surface area (Å²) in [5.74, 6) is 0.498. The van der Waals surface area contributed by atoms with Crippen molar-refractivity contribution in [1.29, 1.82) is 0 Å². The number of hydrogen-bond donors (Lipinski definition) is 1. The highest BCUT2D eigenvalue weighted by atomic mass is 16.1. The van der Waals surface area contributed by atoms with E-state index < -0.39 is 0 Å². The lowest BCUT2D eigenvalue weighted by Gasteiger charge is -2.22.